The van der Waals surface area contributed by atoms with E-state index in [-0.39, 0.29) is 11.1 Å². The predicted molar refractivity (Wildman–Crippen MR) is 85.3 cm³/mol. The number of rotatable bonds is 6. The molecule has 2 heterocycles. The Hall–Kier alpha value is -2.19. The molecule has 8 heteroatoms. The lowest BCUT2D eigenvalue weighted by atomic mass is 10.2. The first-order valence-electron chi connectivity index (χ1n) is 7.77. The zero-order valence-electron chi connectivity index (χ0n) is 13.9. The summed E-state index contributed by atoms with van der Waals surface area (Å²) in [4.78, 5) is 38.0. The summed E-state index contributed by atoms with van der Waals surface area (Å²) >= 11 is 0. The minimum atomic E-state index is -0.771. The number of pyridine rings is 1. The molecular weight excluding hydrogens is 316 g/mol. The van der Waals surface area contributed by atoms with E-state index in [4.69, 9.17) is 4.74 Å². The van der Waals surface area contributed by atoms with Crippen LogP contribution in [0.2, 0.25) is 0 Å². The summed E-state index contributed by atoms with van der Waals surface area (Å²) in [5.41, 5.74) is -1.03. The van der Waals surface area contributed by atoms with Gasteiger partial charge in [0.15, 0.2) is 0 Å². The lowest BCUT2D eigenvalue weighted by molar-refractivity contribution is 0.0369. The fourth-order valence-corrected chi connectivity index (χ4v) is 2.57. The SMILES string of the molecule is COC(=O)c1cn(CCCN2CCOCC2)cc(C(=O)OC)c1=O. The normalized spacial score (nSPS) is 15.1. The maximum absolute atomic E-state index is 12.2. The molecule has 0 aliphatic carbocycles. The van der Waals surface area contributed by atoms with Crippen LogP contribution < -0.4 is 5.43 Å². The van der Waals surface area contributed by atoms with Gasteiger partial charge in [0.2, 0.25) is 5.43 Å². The molecule has 0 amide bonds. The third-order valence-electron chi connectivity index (χ3n) is 3.88. The van der Waals surface area contributed by atoms with Crippen molar-refractivity contribution in [2.45, 2.75) is 13.0 Å². The van der Waals surface area contributed by atoms with Crippen LogP contribution in [-0.4, -0.2) is 68.5 Å². The second-order valence-electron chi connectivity index (χ2n) is 5.44. The third kappa shape index (κ3) is 4.42. The van der Waals surface area contributed by atoms with Crippen LogP contribution >= 0.6 is 0 Å². The molecule has 1 aromatic heterocycles. The van der Waals surface area contributed by atoms with Gasteiger partial charge in [0.05, 0.1) is 27.4 Å². The summed E-state index contributed by atoms with van der Waals surface area (Å²) in [7, 11) is 2.38. The van der Waals surface area contributed by atoms with E-state index in [1.807, 2.05) is 0 Å². The van der Waals surface area contributed by atoms with E-state index < -0.39 is 17.4 Å². The average molecular weight is 338 g/mol. The number of ether oxygens (including phenoxy) is 3. The summed E-state index contributed by atoms with van der Waals surface area (Å²) in [5.74, 6) is -1.54. The zero-order valence-corrected chi connectivity index (χ0v) is 13.9. The molecule has 0 unspecified atom stereocenters. The fraction of sp³-hybridized carbons (Fsp3) is 0.562. The van der Waals surface area contributed by atoms with Gasteiger partial charge in [-0.15, -0.1) is 0 Å². The highest BCUT2D eigenvalue weighted by Crippen LogP contribution is 2.05. The molecule has 1 aromatic rings. The van der Waals surface area contributed by atoms with Crippen LogP contribution in [0.4, 0.5) is 0 Å². The average Bonchev–Trinajstić information content (AvgIpc) is 2.62. The van der Waals surface area contributed by atoms with Gasteiger partial charge in [0.1, 0.15) is 11.1 Å². The minimum absolute atomic E-state index is 0.174. The molecule has 0 saturated carbocycles. The molecule has 132 valence electrons. The van der Waals surface area contributed by atoms with Crippen molar-refractivity contribution in [1.29, 1.82) is 0 Å². The smallest absolute Gasteiger partial charge is 0.343 e. The van der Waals surface area contributed by atoms with Crippen LogP contribution in [-0.2, 0) is 20.8 Å². The summed E-state index contributed by atoms with van der Waals surface area (Å²) in [6.45, 7) is 4.69. The Kier molecular flexibility index (Phi) is 6.51. The summed E-state index contributed by atoms with van der Waals surface area (Å²) < 4.78 is 16.2. The number of aromatic nitrogens is 1. The van der Waals surface area contributed by atoms with Gasteiger partial charge in [-0.1, -0.05) is 0 Å². The Morgan fingerprint density at radius 1 is 1.04 bits per heavy atom. The van der Waals surface area contributed by atoms with E-state index >= 15 is 0 Å². The monoisotopic (exact) mass is 338 g/mol. The van der Waals surface area contributed by atoms with Crippen molar-refractivity contribution in [1.82, 2.24) is 9.47 Å². The van der Waals surface area contributed by atoms with Gasteiger partial charge in [-0.3, -0.25) is 9.69 Å². The second kappa shape index (κ2) is 8.60. The maximum Gasteiger partial charge on any atom is 0.343 e. The van der Waals surface area contributed by atoms with Gasteiger partial charge < -0.3 is 18.8 Å². The van der Waals surface area contributed by atoms with Crippen LogP contribution in [0, 0.1) is 0 Å². The highest BCUT2D eigenvalue weighted by molar-refractivity contribution is 5.94. The lowest BCUT2D eigenvalue weighted by Crippen LogP contribution is -2.37. The molecule has 2 rings (SSSR count). The minimum Gasteiger partial charge on any atom is -0.465 e. The zero-order chi connectivity index (χ0) is 17.5. The number of hydrogen-bond donors (Lipinski definition) is 0. The van der Waals surface area contributed by atoms with E-state index in [1.165, 1.54) is 26.6 Å². The predicted octanol–water partition coefficient (Wildman–Crippen LogP) is 0.144. The Bertz CT molecular complexity index is 608. The molecule has 24 heavy (non-hydrogen) atoms. The molecule has 0 N–H and O–H groups in total. The molecular formula is C16H22N2O6. The summed E-state index contributed by atoms with van der Waals surface area (Å²) in [6, 6.07) is 0. The number of hydrogen-bond acceptors (Lipinski definition) is 7. The first-order valence-corrected chi connectivity index (χ1v) is 7.77. The Morgan fingerprint density at radius 3 is 2.08 bits per heavy atom. The standard InChI is InChI=1S/C16H22N2O6/c1-22-15(20)12-10-18(11-13(14(12)19)16(21)23-2)5-3-4-17-6-8-24-9-7-17/h10-11H,3-9H2,1-2H3. The molecule has 1 fully saturated rings. The van der Waals surface area contributed by atoms with Gasteiger partial charge in [0.25, 0.3) is 0 Å². The van der Waals surface area contributed by atoms with Crippen molar-refractivity contribution in [2.24, 2.45) is 0 Å². The number of morpholine rings is 1. The fourth-order valence-electron chi connectivity index (χ4n) is 2.57. The van der Waals surface area contributed by atoms with Crippen molar-refractivity contribution in [3.05, 3.63) is 33.7 Å². The Morgan fingerprint density at radius 2 is 1.58 bits per heavy atom. The quantitative estimate of drug-likeness (QED) is 0.682. The number of esters is 2. The van der Waals surface area contributed by atoms with Crippen LogP contribution in [0.5, 0.6) is 0 Å². The van der Waals surface area contributed by atoms with Crippen LogP contribution in [0.1, 0.15) is 27.1 Å². The van der Waals surface area contributed by atoms with Crippen molar-refractivity contribution >= 4 is 11.9 Å². The van der Waals surface area contributed by atoms with Gasteiger partial charge in [-0.05, 0) is 6.42 Å². The van der Waals surface area contributed by atoms with Crippen molar-refractivity contribution in [2.75, 3.05) is 47.1 Å². The topological polar surface area (TPSA) is 87.1 Å². The highest BCUT2D eigenvalue weighted by Gasteiger charge is 2.20. The molecule has 8 nitrogen and oxygen atoms in total. The number of methoxy groups -OCH3 is 2. The van der Waals surface area contributed by atoms with Crippen LogP contribution in [0.3, 0.4) is 0 Å². The molecule has 0 bridgehead atoms. The number of aryl methyl sites for hydroxylation is 1. The van der Waals surface area contributed by atoms with Crippen LogP contribution in [0.25, 0.3) is 0 Å². The van der Waals surface area contributed by atoms with E-state index in [9.17, 15) is 14.4 Å². The van der Waals surface area contributed by atoms with Crippen molar-refractivity contribution in [3.8, 4) is 0 Å². The highest BCUT2D eigenvalue weighted by atomic mass is 16.5. The van der Waals surface area contributed by atoms with E-state index in [1.54, 1.807) is 4.57 Å². The van der Waals surface area contributed by atoms with Crippen molar-refractivity contribution < 1.29 is 23.8 Å². The summed E-state index contributed by atoms with van der Waals surface area (Å²) in [6.07, 6.45) is 3.64. The first kappa shape index (κ1) is 18.2. The molecule has 0 radical (unpaired) electrons. The van der Waals surface area contributed by atoms with E-state index in [2.05, 4.69) is 14.4 Å². The molecule has 0 spiro atoms. The van der Waals surface area contributed by atoms with E-state index in [0.29, 0.717) is 6.54 Å². The largest absolute Gasteiger partial charge is 0.465 e. The van der Waals surface area contributed by atoms with Gasteiger partial charge in [-0.2, -0.15) is 0 Å². The second-order valence-corrected chi connectivity index (χ2v) is 5.44. The van der Waals surface area contributed by atoms with Gasteiger partial charge >= 0.3 is 11.9 Å². The van der Waals surface area contributed by atoms with Gasteiger partial charge in [0, 0.05) is 38.6 Å². The molecule has 1 saturated heterocycles. The number of nitrogens with zero attached hydrogens (tertiary/aromatic N) is 2. The Balaban J connectivity index is 2.14. The van der Waals surface area contributed by atoms with E-state index in [0.717, 1.165) is 39.3 Å². The molecule has 0 aromatic carbocycles. The maximum atomic E-state index is 12.2. The number of carbonyl (C=O) groups excluding carboxylic acids is 2. The lowest BCUT2D eigenvalue weighted by Gasteiger charge is -2.26. The van der Waals surface area contributed by atoms with Crippen molar-refractivity contribution in [3.63, 3.8) is 0 Å². The molecule has 1 aliphatic heterocycles. The van der Waals surface area contributed by atoms with Crippen LogP contribution in [0.15, 0.2) is 17.2 Å². The molecule has 1 aliphatic rings. The first-order chi connectivity index (χ1) is 11.6. The summed E-state index contributed by atoms with van der Waals surface area (Å²) in [5, 5.41) is 0. The van der Waals surface area contributed by atoms with Gasteiger partial charge in [-0.25, -0.2) is 9.59 Å². The number of carbonyl (C=O) groups is 2. The Labute approximate surface area is 139 Å². The molecule has 0 atom stereocenters. The third-order valence-corrected chi connectivity index (χ3v) is 3.88.